The monoisotopic (exact) mass is 315 g/mol. The Morgan fingerprint density at radius 1 is 1.40 bits per heavy atom. The summed E-state index contributed by atoms with van der Waals surface area (Å²) in [7, 11) is 1.23. The molecule has 0 saturated heterocycles. The van der Waals surface area contributed by atoms with Gasteiger partial charge in [-0.15, -0.1) is 0 Å². The van der Waals surface area contributed by atoms with E-state index in [1.165, 1.54) is 7.11 Å². The van der Waals surface area contributed by atoms with E-state index in [9.17, 15) is 4.79 Å². The van der Waals surface area contributed by atoms with Gasteiger partial charge >= 0.3 is 5.97 Å². The first-order chi connectivity index (χ1) is 9.51. The van der Waals surface area contributed by atoms with Crippen LogP contribution in [0.15, 0.2) is 16.5 Å². The molecule has 20 heavy (non-hydrogen) atoms. The molecule has 8 heteroatoms. The summed E-state index contributed by atoms with van der Waals surface area (Å²) in [5.74, 6) is 1.05. The lowest BCUT2D eigenvalue weighted by molar-refractivity contribution is 0.0594. The Labute approximate surface area is 125 Å². The SMILES string of the molecule is COC(=O)c1nc(Cl)nc(NCc2ccc(C)o2)c1Cl. The minimum absolute atomic E-state index is 0.0459. The molecule has 0 spiro atoms. The Bertz CT molecular complexity index is 643. The Morgan fingerprint density at radius 2 is 2.15 bits per heavy atom. The molecule has 0 atom stereocenters. The van der Waals surface area contributed by atoms with Gasteiger partial charge in [-0.2, -0.15) is 4.98 Å². The molecule has 0 bridgehead atoms. The van der Waals surface area contributed by atoms with Gasteiger partial charge in [-0.3, -0.25) is 0 Å². The highest BCUT2D eigenvalue weighted by Gasteiger charge is 2.19. The number of nitrogens with zero attached hydrogens (tertiary/aromatic N) is 2. The summed E-state index contributed by atoms with van der Waals surface area (Å²) < 4.78 is 9.98. The van der Waals surface area contributed by atoms with Crippen molar-refractivity contribution in [2.24, 2.45) is 0 Å². The number of carbonyl (C=O) groups excluding carboxylic acids is 1. The van der Waals surface area contributed by atoms with Gasteiger partial charge in [0.2, 0.25) is 5.28 Å². The molecule has 106 valence electrons. The molecule has 2 heterocycles. The third-order valence-corrected chi connectivity index (χ3v) is 2.96. The number of nitrogens with one attached hydrogen (secondary N) is 1. The number of aromatic nitrogens is 2. The van der Waals surface area contributed by atoms with Crippen LogP contribution in [0.1, 0.15) is 22.0 Å². The van der Waals surface area contributed by atoms with Crippen molar-refractivity contribution in [2.45, 2.75) is 13.5 Å². The Kier molecular flexibility index (Phi) is 4.46. The first-order valence-electron chi connectivity index (χ1n) is 5.61. The van der Waals surface area contributed by atoms with Crippen molar-refractivity contribution in [1.82, 2.24) is 9.97 Å². The van der Waals surface area contributed by atoms with Gasteiger partial charge in [0.25, 0.3) is 0 Å². The van der Waals surface area contributed by atoms with Crippen molar-refractivity contribution in [3.05, 3.63) is 39.7 Å². The third-order valence-electron chi connectivity index (χ3n) is 2.43. The lowest BCUT2D eigenvalue weighted by Gasteiger charge is -2.08. The van der Waals surface area contributed by atoms with Crippen LogP contribution in [-0.4, -0.2) is 23.0 Å². The second kappa shape index (κ2) is 6.11. The van der Waals surface area contributed by atoms with E-state index in [-0.39, 0.29) is 21.8 Å². The van der Waals surface area contributed by atoms with E-state index >= 15 is 0 Å². The second-order valence-electron chi connectivity index (χ2n) is 3.86. The zero-order chi connectivity index (χ0) is 14.7. The minimum Gasteiger partial charge on any atom is -0.465 e. The molecular weight excluding hydrogens is 305 g/mol. The van der Waals surface area contributed by atoms with E-state index in [0.717, 1.165) is 5.76 Å². The summed E-state index contributed by atoms with van der Waals surface area (Å²) in [6.45, 7) is 2.19. The highest BCUT2D eigenvalue weighted by molar-refractivity contribution is 6.36. The molecule has 2 rings (SSSR count). The van der Waals surface area contributed by atoms with E-state index in [2.05, 4.69) is 20.0 Å². The van der Waals surface area contributed by atoms with Crippen LogP contribution in [0, 0.1) is 6.92 Å². The molecule has 0 aliphatic heterocycles. The molecule has 0 aliphatic carbocycles. The number of methoxy groups -OCH3 is 1. The van der Waals surface area contributed by atoms with Crippen LogP contribution in [-0.2, 0) is 11.3 Å². The maximum Gasteiger partial charge on any atom is 0.358 e. The Balaban J connectivity index is 2.23. The summed E-state index contributed by atoms with van der Waals surface area (Å²) in [6.07, 6.45) is 0. The van der Waals surface area contributed by atoms with E-state index in [4.69, 9.17) is 27.6 Å². The summed E-state index contributed by atoms with van der Waals surface area (Å²) >= 11 is 11.8. The molecule has 2 aromatic rings. The van der Waals surface area contributed by atoms with Gasteiger partial charge in [0.1, 0.15) is 16.5 Å². The summed E-state index contributed by atoms with van der Waals surface area (Å²) in [5, 5.41) is 2.88. The quantitative estimate of drug-likeness (QED) is 0.690. The average molecular weight is 316 g/mol. The van der Waals surface area contributed by atoms with Crippen LogP contribution in [0.3, 0.4) is 0 Å². The van der Waals surface area contributed by atoms with Gasteiger partial charge in [-0.1, -0.05) is 11.6 Å². The number of esters is 1. The van der Waals surface area contributed by atoms with Gasteiger partial charge in [0, 0.05) is 0 Å². The summed E-state index contributed by atoms with van der Waals surface area (Å²) in [4.78, 5) is 19.2. The number of hydrogen-bond donors (Lipinski definition) is 1. The molecule has 0 radical (unpaired) electrons. The smallest absolute Gasteiger partial charge is 0.358 e. The molecule has 2 aromatic heterocycles. The van der Waals surface area contributed by atoms with E-state index in [1.54, 1.807) is 0 Å². The van der Waals surface area contributed by atoms with Gasteiger partial charge in [-0.25, -0.2) is 9.78 Å². The second-order valence-corrected chi connectivity index (χ2v) is 4.58. The molecular formula is C12H11Cl2N3O3. The van der Waals surface area contributed by atoms with Crippen LogP contribution in [0.4, 0.5) is 5.82 Å². The lowest BCUT2D eigenvalue weighted by atomic mass is 10.3. The number of rotatable bonds is 4. The number of carbonyl (C=O) groups is 1. The normalized spacial score (nSPS) is 10.4. The fraction of sp³-hybridized carbons (Fsp3) is 0.250. The molecule has 6 nitrogen and oxygen atoms in total. The van der Waals surface area contributed by atoms with Gasteiger partial charge in [0.15, 0.2) is 11.5 Å². The molecule has 1 N–H and O–H groups in total. The molecule has 0 fully saturated rings. The number of hydrogen-bond acceptors (Lipinski definition) is 6. The van der Waals surface area contributed by atoms with Crippen LogP contribution in [0.25, 0.3) is 0 Å². The Morgan fingerprint density at radius 3 is 2.75 bits per heavy atom. The van der Waals surface area contributed by atoms with Crippen molar-refractivity contribution in [3.8, 4) is 0 Å². The number of halogens is 2. The van der Waals surface area contributed by atoms with E-state index in [0.29, 0.717) is 12.3 Å². The fourth-order valence-electron chi connectivity index (χ4n) is 1.52. The van der Waals surface area contributed by atoms with Gasteiger partial charge in [-0.05, 0) is 30.7 Å². The maximum atomic E-state index is 11.5. The van der Waals surface area contributed by atoms with Crippen molar-refractivity contribution in [2.75, 3.05) is 12.4 Å². The minimum atomic E-state index is -0.684. The van der Waals surface area contributed by atoms with Gasteiger partial charge in [0.05, 0.1) is 13.7 Å². The first kappa shape index (κ1) is 14.6. The third kappa shape index (κ3) is 3.20. The van der Waals surface area contributed by atoms with Crippen molar-refractivity contribution in [1.29, 1.82) is 0 Å². The van der Waals surface area contributed by atoms with Crippen LogP contribution < -0.4 is 5.32 Å². The molecule has 0 saturated carbocycles. The highest BCUT2D eigenvalue weighted by Crippen LogP contribution is 2.25. The standard InChI is InChI=1S/C12H11Cl2N3O3/c1-6-3-4-7(20-6)5-15-10-8(13)9(11(18)19-2)16-12(14)17-10/h3-4H,5H2,1-2H3,(H,15,16,17). The van der Waals surface area contributed by atoms with Crippen molar-refractivity contribution >= 4 is 35.0 Å². The van der Waals surface area contributed by atoms with Crippen molar-refractivity contribution < 1.29 is 13.9 Å². The first-order valence-corrected chi connectivity index (χ1v) is 6.37. The topological polar surface area (TPSA) is 77.2 Å². The van der Waals surface area contributed by atoms with Crippen LogP contribution in [0.2, 0.25) is 10.3 Å². The van der Waals surface area contributed by atoms with Crippen LogP contribution >= 0.6 is 23.2 Å². The molecule has 0 aliphatic rings. The number of aryl methyl sites for hydroxylation is 1. The van der Waals surface area contributed by atoms with Crippen LogP contribution in [0.5, 0.6) is 0 Å². The fourth-order valence-corrected chi connectivity index (χ4v) is 1.92. The number of furan rings is 1. The zero-order valence-corrected chi connectivity index (χ0v) is 12.2. The summed E-state index contributed by atoms with van der Waals surface area (Å²) in [5.41, 5.74) is -0.0905. The zero-order valence-electron chi connectivity index (χ0n) is 10.7. The molecule has 0 amide bonds. The highest BCUT2D eigenvalue weighted by atomic mass is 35.5. The number of ether oxygens (including phenoxy) is 1. The predicted octanol–water partition coefficient (Wildman–Crippen LogP) is 3.08. The average Bonchev–Trinajstić information content (AvgIpc) is 2.84. The molecule has 0 aromatic carbocycles. The predicted molar refractivity (Wildman–Crippen MR) is 74.2 cm³/mol. The Hall–Kier alpha value is -1.79. The summed E-state index contributed by atoms with van der Waals surface area (Å²) in [6, 6.07) is 3.66. The van der Waals surface area contributed by atoms with E-state index < -0.39 is 5.97 Å². The number of anilines is 1. The molecule has 0 unspecified atom stereocenters. The van der Waals surface area contributed by atoms with Gasteiger partial charge < -0.3 is 14.5 Å². The maximum absolute atomic E-state index is 11.5. The van der Waals surface area contributed by atoms with Crippen molar-refractivity contribution in [3.63, 3.8) is 0 Å². The lowest BCUT2D eigenvalue weighted by Crippen LogP contribution is -2.10. The van der Waals surface area contributed by atoms with E-state index in [1.807, 2.05) is 19.1 Å². The largest absolute Gasteiger partial charge is 0.465 e.